The Bertz CT molecular complexity index is 1550. The number of benzene rings is 1. The molecule has 1 aliphatic rings. The Morgan fingerprint density at radius 1 is 1.15 bits per heavy atom. The number of hydrogen-bond acceptors (Lipinski definition) is 12. The van der Waals surface area contributed by atoms with Crippen LogP contribution >= 0.6 is 0 Å². The minimum atomic E-state index is -1.34. The fourth-order valence-corrected chi connectivity index (χ4v) is 4.64. The zero-order chi connectivity index (χ0) is 27.7. The van der Waals surface area contributed by atoms with Crippen molar-refractivity contribution in [1.29, 1.82) is 0 Å². The van der Waals surface area contributed by atoms with Crippen LogP contribution in [0.1, 0.15) is 25.6 Å². The first-order valence-electron chi connectivity index (χ1n) is 12.4. The van der Waals surface area contributed by atoms with Gasteiger partial charge in [-0.2, -0.15) is 0 Å². The maximum absolute atomic E-state index is 12.6. The summed E-state index contributed by atoms with van der Waals surface area (Å²) in [4.78, 5) is 39.4. The Hall–Kier alpha value is -4.11. The molecule has 206 valence electrons. The average Bonchev–Trinajstić information content (AvgIpc) is 3.48. The standard InChI is InChI=1S/C25H28N6O8/c1-3-30(4-2)14-5-6-15-13(7-18(33)38-16(15)8-14)10-37-25(36)29-22-19-23(27-11-26-22)31(12-28-19)24-21(35)20(34)17(9-32)39-24/h5-8,11-12,17,20-21,24,32,34-35H,3-4,9-10H2,1-2H3,(H,26,27,29,36)/t17-,20+,21?,24-/m1/s1. The molecular weight excluding hydrogens is 512 g/mol. The molecule has 4 N–H and O–H groups in total. The van der Waals surface area contributed by atoms with Crippen LogP contribution in [0.25, 0.3) is 22.1 Å². The second-order valence-corrected chi connectivity index (χ2v) is 8.92. The molecule has 14 heteroatoms. The number of ether oxygens (including phenoxy) is 2. The van der Waals surface area contributed by atoms with Gasteiger partial charge in [-0.25, -0.2) is 24.5 Å². The molecule has 0 saturated carbocycles. The molecule has 1 amide bonds. The van der Waals surface area contributed by atoms with E-state index in [-0.39, 0.29) is 23.6 Å². The number of amides is 1. The van der Waals surface area contributed by atoms with Gasteiger partial charge < -0.3 is 34.1 Å². The smallest absolute Gasteiger partial charge is 0.413 e. The second kappa shape index (κ2) is 10.9. The predicted molar refractivity (Wildman–Crippen MR) is 138 cm³/mol. The monoisotopic (exact) mass is 540 g/mol. The Balaban J connectivity index is 1.33. The summed E-state index contributed by atoms with van der Waals surface area (Å²) in [6, 6.07) is 6.80. The molecule has 1 fully saturated rings. The summed E-state index contributed by atoms with van der Waals surface area (Å²) in [5.74, 6) is 0.0387. The van der Waals surface area contributed by atoms with Crippen molar-refractivity contribution in [3.63, 3.8) is 0 Å². The summed E-state index contributed by atoms with van der Waals surface area (Å²) < 4.78 is 17.7. The highest BCUT2D eigenvalue weighted by Crippen LogP contribution is 2.32. The summed E-state index contributed by atoms with van der Waals surface area (Å²) in [6.07, 6.45) is -3.02. The second-order valence-electron chi connectivity index (χ2n) is 8.92. The van der Waals surface area contributed by atoms with E-state index < -0.39 is 42.9 Å². The molecule has 0 aliphatic carbocycles. The van der Waals surface area contributed by atoms with E-state index in [9.17, 15) is 24.9 Å². The Labute approximate surface area is 221 Å². The average molecular weight is 541 g/mol. The van der Waals surface area contributed by atoms with E-state index in [0.29, 0.717) is 16.5 Å². The van der Waals surface area contributed by atoms with Crippen molar-refractivity contribution in [2.75, 3.05) is 29.9 Å². The van der Waals surface area contributed by atoms with Gasteiger partial charge in [-0.05, 0) is 26.0 Å². The van der Waals surface area contributed by atoms with Crippen molar-refractivity contribution in [2.45, 2.75) is 45.0 Å². The topological polar surface area (TPSA) is 185 Å². The molecule has 1 saturated heterocycles. The Morgan fingerprint density at radius 3 is 2.67 bits per heavy atom. The number of carbonyl (C=O) groups is 1. The van der Waals surface area contributed by atoms with Gasteiger partial charge in [-0.15, -0.1) is 0 Å². The number of carbonyl (C=O) groups excluding carboxylic acids is 1. The zero-order valence-corrected chi connectivity index (χ0v) is 21.2. The number of hydrogen-bond donors (Lipinski definition) is 4. The number of nitrogens with zero attached hydrogens (tertiary/aromatic N) is 5. The highest BCUT2D eigenvalue weighted by Gasteiger charge is 2.44. The first-order chi connectivity index (χ1) is 18.8. The maximum Gasteiger partial charge on any atom is 0.413 e. The van der Waals surface area contributed by atoms with Gasteiger partial charge in [-0.3, -0.25) is 9.88 Å². The van der Waals surface area contributed by atoms with E-state index >= 15 is 0 Å². The van der Waals surface area contributed by atoms with Gasteiger partial charge in [0.15, 0.2) is 23.2 Å². The molecule has 3 aromatic heterocycles. The van der Waals surface area contributed by atoms with Crippen LogP contribution in [0.2, 0.25) is 0 Å². The Kier molecular flexibility index (Phi) is 7.43. The number of aromatic nitrogens is 4. The third-order valence-electron chi connectivity index (χ3n) is 6.67. The SMILES string of the molecule is CCN(CC)c1ccc2c(COC(=O)Nc3ncnc4c3ncn4[C@@H]3O[C@H](CO)[C@H](O)C3O)cc(=O)oc2c1. The van der Waals surface area contributed by atoms with Gasteiger partial charge in [-0.1, -0.05) is 0 Å². The molecule has 4 heterocycles. The maximum atomic E-state index is 12.6. The van der Waals surface area contributed by atoms with Crippen LogP contribution < -0.4 is 15.8 Å². The van der Waals surface area contributed by atoms with Crippen molar-refractivity contribution < 1.29 is 34.0 Å². The van der Waals surface area contributed by atoms with Crippen molar-refractivity contribution in [1.82, 2.24) is 19.5 Å². The molecule has 5 rings (SSSR count). The molecule has 14 nitrogen and oxygen atoms in total. The van der Waals surface area contributed by atoms with Gasteiger partial charge in [0.25, 0.3) is 0 Å². The van der Waals surface area contributed by atoms with Crippen molar-refractivity contribution >= 4 is 39.7 Å². The summed E-state index contributed by atoms with van der Waals surface area (Å²) >= 11 is 0. The van der Waals surface area contributed by atoms with Gasteiger partial charge in [0.05, 0.1) is 12.9 Å². The highest BCUT2D eigenvalue weighted by atomic mass is 16.6. The van der Waals surface area contributed by atoms with E-state index in [0.717, 1.165) is 18.8 Å². The number of aliphatic hydroxyl groups is 3. The highest BCUT2D eigenvalue weighted by molar-refractivity contribution is 5.93. The number of aliphatic hydroxyl groups excluding tert-OH is 3. The molecule has 4 atom stereocenters. The summed E-state index contributed by atoms with van der Waals surface area (Å²) in [5.41, 5.74) is 1.61. The third-order valence-corrected chi connectivity index (χ3v) is 6.67. The third kappa shape index (κ3) is 5.02. The fourth-order valence-electron chi connectivity index (χ4n) is 4.64. The Morgan fingerprint density at radius 2 is 1.95 bits per heavy atom. The van der Waals surface area contributed by atoms with Crippen LogP contribution in [0.4, 0.5) is 16.3 Å². The number of rotatable bonds is 8. The number of imidazole rings is 1. The van der Waals surface area contributed by atoms with E-state index in [4.69, 9.17) is 13.9 Å². The minimum absolute atomic E-state index is 0.0387. The van der Waals surface area contributed by atoms with E-state index in [1.165, 1.54) is 23.3 Å². The van der Waals surface area contributed by atoms with E-state index in [1.807, 2.05) is 26.0 Å². The lowest BCUT2D eigenvalue weighted by molar-refractivity contribution is -0.0511. The molecule has 0 spiro atoms. The largest absolute Gasteiger partial charge is 0.444 e. The van der Waals surface area contributed by atoms with Gasteiger partial charge >= 0.3 is 11.7 Å². The fraction of sp³-hybridized carbons (Fsp3) is 0.400. The van der Waals surface area contributed by atoms with Crippen LogP contribution in [-0.2, 0) is 16.1 Å². The number of nitrogens with one attached hydrogen (secondary N) is 1. The van der Waals surface area contributed by atoms with Gasteiger partial charge in [0.1, 0.15) is 36.8 Å². The van der Waals surface area contributed by atoms with Crippen molar-refractivity contribution in [3.8, 4) is 0 Å². The molecule has 1 aromatic carbocycles. The molecule has 1 aliphatic heterocycles. The zero-order valence-electron chi connectivity index (χ0n) is 21.2. The number of anilines is 2. The quantitative estimate of drug-likeness (QED) is 0.234. The van der Waals surface area contributed by atoms with Crippen LogP contribution in [0.15, 0.2) is 46.1 Å². The first-order valence-corrected chi connectivity index (χ1v) is 12.4. The molecule has 0 radical (unpaired) electrons. The lowest BCUT2D eigenvalue weighted by atomic mass is 10.1. The lowest BCUT2D eigenvalue weighted by Crippen LogP contribution is -2.33. The van der Waals surface area contributed by atoms with E-state index in [2.05, 4.69) is 25.2 Å². The predicted octanol–water partition coefficient (Wildman–Crippen LogP) is 1.14. The molecule has 0 bridgehead atoms. The summed E-state index contributed by atoms with van der Waals surface area (Å²) in [5, 5.41) is 32.9. The summed E-state index contributed by atoms with van der Waals surface area (Å²) in [7, 11) is 0. The van der Waals surface area contributed by atoms with Gasteiger partial charge in [0, 0.05) is 41.9 Å². The van der Waals surface area contributed by atoms with Crippen LogP contribution in [0.3, 0.4) is 0 Å². The molecule has 4 aromatic rings. The number of fused-ring (bicyclic) bond motifs is 2. The first kappa shape index (κ1) is 26.5. The van der Waals surface area contributed by atoms with E-state index in [1.54, 1.807) is 6.07 Å². The van der Waals surface area contributed by atoms with Crippen LogP contribution in [0, 0.1) is 0 Å². The minimum Gasteiger partial charge on any atom is -0.444 e. The lowest BCUT2D eigenvalue weighted by Gasteiger charge is -2.21. The normalized spacial score (nSPS) is 20.9. The van der Waals surface area contributed by atoms with Crippen molar-refractivity contribution in [3.05, 3.63) is 52.9 Å². The molecular formula is C25H28N6O8. The summed E-state index contributed by atoms with van der Waals surface area (Å²) in [6.45, 7) is 4.97. The van der Waals surface area contributed by atoms with Crippen LogP contribution in [-0.4, -0.2) is 78.9 Å². The van der Waals surface area contributed by atoms with Gasteiger partial charge in [0.2, 0.25) is 0 Å². The molecule has 1 unspecified atom stereocenters. The van der Waals surface area contributed by atoms with Crippen molar-refractivity contribution in [2.24, 2.45) is 0 Å². The van der Waals surface area contributed by atoms with Crippen LogP contribution in [0.5, 0.6) is 0 Å². The molecule has 39 heavy (non-hydrogen) atoms.